The molecule has 3 N–H and O–H groups in total. The molecule has 0 unspecified atom stereocenters. The highest BCUT2D eigenvalue weighted by molar-refractivity contribution is 6.31. The van der Waals surface area contributed by atoms with Gasteiger partial charge in [0.1, 0.15) is 12.3 Å². The molecule has 1 saturated heterocycles. The number of allylic oxidation sites excluding steroid dienone is 1. The van der Waals surface area contributed by atoms with Crippen molar-refractivity contribution in [2.45, 2.75) is 6.61 Å². The predicted molar refractivity (Wildman–Crippen MR) is 112 cm³/mol. The molecular formula is C21H23ClN4O2. The first-order valence-electron chi connectivity index (χ1n) is 9.11. The predicted octanol–water partition coefficient (Wildman–Crippen LogP) is 3.26. The lowest BCUT2D eigenvalue weighted by Gasteiger charge is -2.31. The molecule has 0 atom stereocenters. The molecule has 2 aromatic carbocycles. The number of piperazine rings is 1. The van der Waals surface area contributed by atoms with Crippen LogP contribution >= 0.6 is 11.6 Å². The number of hydrogen-bond donors (Lipinski definition) is 3. The van der Waals surface area contributed by atoms with Crippen LogP contribution in [0.25, 0.3) is 0 Å². The van der Waals surface area contributed by atoms with E-state index in [9.17, 15) is 4.79 Å². The molecule has 0 radical (unpaired) electrons. The van der Waals surface area contributed by atoms with Crippen LogP contribution in [0.1, 0.15) is 5.56 Å². The van der Waals surface area contributed by atoms with Crippen LogP contribution in [0.3, 0.4) is 0 Å². The van der Waals surface area contributed by atoms with Crippen LogP contribution < -0.4 is 10.6 Å². The summed E-state index contributed by atoms with van der Waals surface area (Å²) in [7, 11) is 0. The smallest absolute Gasteiger partial charge is 0.293 e. The molecule has 1 aliphatic rings. The van der Waals surface area contributed by atoms with Gasteiger partial charge >= 0.3 is 0 Å². The first-order valence-corrected chi connectivity index (χ1v) is 9.49. The number of nitrogens with zero attached hydrogens (tertiary/aromatic N) is 1. The van der Waals surface area contributed by atoms with Gasteiger partial charge in [0.25, 0.3) is 5.91 Å². The first kappa shape index (κ1) is 19.9. The molecular weight excluding hydrogens is 376 g/mol. The third kappa shape index (κ3) is 5.34. The highest BCUT2D eigenvalue weighted by Gasteiger charge is 2.22. The Hall–Kier alpha value is -2.83. The Morgan fingerprint density at radius 1 is 1.18 bits per heavy atom. The van der Waals surface area contributed by atoms with Crippen molar-refractivity contribution in [3.63, 3.8) is 0 Å². The van der Waals surface area contributed by atoms with Gasteiger partial charge in [-0.05, 0) is 23.8 Å². The Labute approximate surface area is 169 Å². The zero-order valence-corrected chi connectivity index (χ0v) is 16.2. The van der Waals surface area contributed by atoms with E-state index in [1.54, 1.807) is 24.3 Å². The van der Waals surface area contributed by atoms with E-state index in [0.29, 0.717) is 29.5 Å². The van der Waals surface area contributed by atoms with Crippen molar-refractivity contribution in [3.05, 3.63) is 76.6 Å². The van der Waals surface area contributed by atoms with Crippen molar-refractivity contribution in [1.29, 1.82) is 5.41 Å². The summed E-state index contributed by atoms with van der Waals surface area (Å²) < 4.78 is 5.92. The van der Waals surface area contributed by atoms with E-state index >= 15 is 0 Å². The first-order chi connectivity index (χ1) is 13.7. The third-order valence-electron chi connectivity index (χ3n) is 4.34. The van der Waals surface area contributed by atoms with E-state index in [1.807, 2.05) is 35.2 Å². The monoisotopic (exact) mass is 398 g/mol. The minimum absolute atomic E-state index is 0.126. The Kier molecular flexibility index (Phi) is 7.06. The van der Waals surface area contributed by atoms with Gasteiger partial charge in [0.05, 0.1) is 0 Å². The summed E-state index contributed by atoms with van der Waals surface area (Å²) in [5.41, 5.74) is 1.99. The number of anilines is 1. The number of nitrogens with one attached hydrogen (secondary N) is 3. The van der Waals surface area contributed by atoms with Crippen molar-refractivity contribution in [2.75, 3.05) is 31.5 Å². The number of halogens is 1. The van der Waals surface area contributed by atoms with Gasteiger partial charge in [0.15, 0.2) is 0 Å². The average Bonchev–Trinajstić information content (AvgIpc) is 2.72. The number of benzene rings is 2. The van der Waals surface area contributed by atoms with E-state index < -0.39 is 5.91 Å². The van der Waals surface area contributed by atoms with E-state index in [0.717, 1.165) is 18.7 Å². The lowest BCUT2D eigenvalue weighted by Crippen LogP contribution is -2.44. The third-order valence-corrected chi connectivity index (χ3v) is 4.58. The topological polar surface area (TPSA) is 77.5 Å². The van der Waals surface area contributed by atoms with Gasteiger partial charge in [-0.15, -0.1) is 0 Å². The lowest BCUT2D eigenvalue weighted by molar-refractivity contribution is -0.116. The van der Waals surface area contributed by atoms with E-state index in [1.165, 1.54) is 6.21 Å². The minimum atomic E-state index is -0.407. The Bertz CT molecular complexity index is 848. The molecule has 28 heavy (non-hydrogen) atoms. The molecule has 0 aromatic heterocycles. The molecule has 1 amide bonds. The SMILES string of the molecule is N=C/C(=C(/OCc1ccccc1)C(=O)Nc1cccc(Cl)c1)N1CCNCC1. The fraction of sp³-hybridized carbons (Fsp3) is 0.238. The summed E-state index contributed by atoms with van der Waals surface area (Å²) in [6.07, 6.45) is 1.18. The second kappa shape index (κ2) is 9.92. The molecule has 3 rings (SSSR count). The van der Waals surface area contributed by atoms with Crippen molar-refractivity contribution < 1.29 is 9.53 Å². The maximum atomic E-state index is 13.0. The van der Waals surface area contributed by atoms with Crippen LogP contribution in [0.4, 0.5) is 5.69 Å². The maximum absolute atomic E-state index is 13.0. The van der Waals surface area contributed by atoms with Gasteiger partial charge in [-0.3, -0.25) is 4.79 Å². The second-order valence-corrected chi connectivity index (χ2v) is 6.77. The van der Waals surface area contributed by atoms with Crippen molar-refractivity contribution in [2.24, 2.45) is 0 Å². The van der Waals surface area contributed by atoms with Gasteiger partial charge < -0.3 is 25.7 Å². The molecule has 6 nitrogen and oxygen atoms in total. The molecule has 7 heteroatoms. The van der Waals surface area contributed by atoms with Crippen molar-refractivity contribution in [1.82, 2.24) is 10.2 Å². The molecule has 0 aliphatic carbocycles. The van der Waals surface area contributed by atoms with Crippen molar-refractivity contribution >= 4 is 29.4 Å². The summed E-state index contributed by atoms with van der Waals surface area (Å²) in [4.78, 5) is 15.0. The van der Waals surface area contributed by atoms with Gasteiger partial charge in [0, 0.05) is 43.1 Å². The summed E-state index contributed by atoms with van der Waals surface area (Å²) >= 11 is 6.01. The van der Waals surface area contributed by atoms with Gasteiger partial charge in [-0.25, -0.2) is 0 Å². The van der Waals surface area contributed by atoms with Gasteiger partial charge in [-0.2, -0.15) is 0 Å². The molecule has 146 valence electrons. The number of rotatable bonds is 7. The van der Waals surface area contributed by atoms with Crippen LogP contribution in [0.2, 0.25) is 5.02 Å². The average molecular weight is 399 g/mol. The van der Waals surface area contributed by atoms with E-state index in [2.05, 4.69) is 10.6 Å². The maximum Gasteiger partial charge on any atom is 0.293 e. The number of carbonyl (C=O) groups excluding carboxylic acids is 1. The Morgan fingerprint density at radius 3 is 2.61 bits per heavy atom. The zero-order valence-electron chi connectivity index (χ0n) is 15.5. The van der Waals surface area contributed by atoms with Crippen LogP contribution in [0.15, 0.2) is 66.1 Å². The fourth-order valence-corrected chi connectivity index (χ4v) is 3.14. The zero-order chi connectivity index (χ0) is 19.8. The number of hydrogen-bond acceptors (Lipinski definition) is 5. The second-order valence-electron chi connectivity index (χ2n) is 6.33. The van der Waals surface area contributed by atoms with E-state index in [4.69, 9.17) is 21.7 Å². The Balaban J connectivity index is 1.86. The van der Waals surface area contributed by atoms with Crippen LogP contribution in [-0.2, 0) is 16.1 Å². The number of ether oxygens (including phenoxy) is 1. The van der Waals surface area contributed by atoms with Gasteiger partial charge in [0.2, 0.25) is 5.76 Å². The van der Waals surface area contributed by atoms with E-state index in [-0.39, 0.29) is 12.4 Å². The van der Waals surface area contributed by atoms with Crippen LogP contribution in [0.5, 0.6) is 0 Å². The normalized spacial score (nSPS) is 14.8. The molecule has 1 fully saturated rings. The largest absolute Gasteiger partial charge is 0.481 e. The van der Waals surface area contributed by atoms with Gasteiger partial charge in [-0.1, -0.05) is 48.0 Å². The molecule has 2 aromatic rings. The number of carbonyl (C=O) groups is 1. The molecule has 1 heterocycles. The summed E-state index contributed by atoms with van der Waals surface area (Å²) in [5.74, 6) is -0.282. The molecule has 0 saturated carbocycles. The standard InChI is InChI=1S/C21H23ClN4O2/c22-17-7-4-8-18(13-17)25-21(27)20(28-15-16-5-2-1-3-6-16)19(14-23)26-11-9-24-10-12-26/h1-8,13-14,23-24H,9-12,15H2,(H,25,27)/b20-19-,23-14?. The Morgan fingerprint density at radius 2 is 1.93 bits per heavy atom. The summed E-state index contributed by atoms with van der Waals surface area (Å²) in [6, 6.07) is 16.6. The molecule has 0 bridgehead atoms. The fourth-order valence-electron chi connectivity index (χ4n) is 2.95. The quantitative estimate of drug-likeness (QED) is 0.380. The molecule has 0 spiro atoms. The highest BCUT2D eigenvalue weighted by atomic mass is 35.5. The minimum Gasteiger partial charge on any atom is -0.481 e. The summed E-state index contributed by atoms with van der Waals surface area (Å²) in [5, 5.41) is 14.5. The highest BCUT2D eigenvalue weighted by Crippen LogP contribution is 2.19. The van der Waals surface area contributed by atoms with Crippen LogP contribution in [-0.4, -0.2) is 43.2 Å². The van der Waals surface area contributed by atoms with Crippen LogP contribution in [0, 0.1) is 5.41 Å². The lowest BCUT2D eigenvalue weighted by atomic mass is 10.2. The summed E-state index contributed by atoms with van der Waals surface area (Å²) in [6.45, 7) is 3.22. The molecule has 1 aliphatic heterocycles. The number of amides is 1. The van der Waals surface area contributed by atoms with Crippen molar-refractivity contribution in [3.8, 4) is 0 Å².